The molecule has 1 nitrogen and oxygen atoms in total. The smallest absolute Gasteiger partial charge is 0.185 e. The van der Waals surface area contributed by atoms with Crippen molar-refractivity contribution in [2.24, 2.45) is 0 Å². The Morgan fingerprint density at radius 2 is 1.64 bits per heavy atom. The number of alkyl halides is 1. The Morgan fingerprint density at radius 1 is 1.09 bits per heavy atom. The lowest BCUT2D eigenvalue weighted by molar-refractivity contribution is 0.233. The molecule has 1 aliphatic carbocycles. The summed E-state index contributed by atoms with van der Waals surface area (Å²) in [4.78, 5) is 0. The second-order valence-electron chi connectivity index (χ2n) is 5.09. The molecule has 8 heteroatoms. The van der Waals surface area contributed by atoms with Crippen LogP contribution in [0.4, 0.5) is 26.3 Å². The molecule has 0 heterocycles. The van der Waals surface area contributed by atoms with Gasteiger partial charge < -0.3 is 4.74 Å². The van der Waals surface area contributed by atoms with Gasteiger partial charge in [-0.05, 0) is 18.5 Å². The molecule has 0 radical (unpaired) electrons. The van der Waals surface area contributed by atoms with Gasteiger partial charge in [-0.15, -0.1) is 0 Å². The average Bonchev–Trinajstić information content (AvgIpc) is 2.42. The van der Waals surface area contributed by atoms with E-state index in [1.165, 1.54) is 7.11 Å². The lowest BCUT2D eigenvalue weighted by Gasteiger charge is -2.25. The Hall–Kier alpha value is -1.86. The minimum atomic E-state index is -2.92. The summed E-state index contributed by atoms with van der Waals surface area (Å²) >= 11 is 0. The molecule has 1 aromatic carbocycles. The number of allylic oxidation sites excluding steroid dienone is 4. The number of ether oxygens (including phenoxy) is 1. The van der Waals surface area contributed by atoms with Gasteiger partial charge in [-0.1, -0.05) is 0 Å². The normalized spacial score (nSPS) is 25.1. The zero-order valence-electron chi connectivity index (χ0n) is 11.7. The quantitative estimate of drug-likeness (QED) is 0.611. The Morgan fingerprint density at radius 3 is 2.14 bits per heavy atom. The van der Waals surface area contributed by atoms with Gasteiger partial charge in [-0.25, -0.2) is 26.3 Å². The van der Waals surface area contributed by atoms with Gasteiger partial charge in [0, 0.05) is 17.9 Å². The first kappa shape index (κ1) is 16.5. The molecule has 22 heavy (non-hydrogen) atoms. The number of rotatable bonds is 3. The molecule has 0 saturated heterocycles. The Labute approximate surface area is 123 Å². The number of benzene rings is 1. The van der Waals surface area contributed by atoms with Crippen LogP contribution >= 0.6 is 0 Å². The third-order valence-corrected chi connectivity index (χ3v) is 3.45. The maximum absolute atomic E-state index is 13.8. The van der Waals surface area contributed by atoms with E-state index in [9.17, 15) is 26.3 Å². The molecule has 1 aliphatic rings. The predicted molar refractivity (Wildman–Crippen MR) is 71.4 cm³/mol. The lowest BCUT2D eigenvalue weighted by atomic mass is 9.56. The molecule has 0 spiro atoms. The molecular weight excluding hydrogens is 309 g/mol. The lowest BCUT2D eigenvalue weighted by Crippen LogP contribution is -2.31. The molecule has 0 fully saturated rings. The van der Waals surface area contributed by atoms with Crippen molar-refractivity contribution in [1.29, 1.82) is 0 Å². The monoisotopic (exact) mass is 320 g/mol. The van der Waals surface area contributed by atoms with Crippen molar-refractivity contribution < 1.29 is 31.1 Å². The summed E-state index contributed by atoms with van der Waals surface area (Å²) in [7, 11) is 0.372. The molecule has 0 amide bonds. The highest BCUT2D eigenvalue weighted by atomic mass is 19.2. The molecule has 2 rings (SSSR count). The second-order valence-corrected chi connectivity index (χ2v) is 5.09. The number of methoxy groups -OCH3 is 1. The van der Waals surface area contributed by atoms with Crippen LogP contribution in [0, 0.1) is 11.6 Å². The average molecular weight is 320 g/mol. The molecule has 0 saturated carbocycles. The highest BCUT2D eigenvalue weighted by molar-refractivity contribution is 6.56. The molecule has 0 aliphatic heterocycles. The number of hydrogen-bond acceptors (Lipinski definition) is 1. The van der Waals surface area contributed by atoms with Crippen molar-refractivity contribution in [2.75, 3.05) is 7.11 Å². The Kier molecular flexibility index (Phi) is 4.31. The molecule has 0 aromatic heterocycles. The van der Waals surface area contributed by atoms with Gasteiger partial charge in [0.15, 0.2) is 18.8 Å². The van der Waals surface area contributed by atoms with Gasteiger partial charge >= 0.3 is 0 Å². The summed E-state index contributed by atoms with van der Waals surface area (Å²) in [5.41, 5.74) is -3.55. The molecule has 2 unspecified atom stereocenters. The van der Waals surface area contributed by atoms with Crippen LogP contribution in [0.5, 0.6) is 5.75 Å². The van der Waals surface area contributed by atoms with Gasteiger partial charge in [0.25, 0.3) is 0 Å². The van der Waals surface area contributed by atoms with Gasteiger partial charge in [0.1, 0.15) is 29.0 Å². The topological polar surface area (TPSA) is 9.23 Å². The highest BCUT2D eigenvalue weighted by Gasteiger charge is 2.41. The summed E-state index contributed by atoms with van der Waals surface area (Å²) in [6, 6.07) is 1.67. The fourth-order valence-electron chi connectivity index (χ4n) is 2.21. The third kappa shape index (κ3) is 2.87. The standard InChI is InChI=1S/C14H11BF6O/c1-14(21)5-9(18)11(12(19)13(14)20)15-10-7(16)3-6(22-2)4-8(10)17/h3-5,11,15H,1-2H3. The van der Waals surface area contributed by atoms with Gasteiger partial charge in [0.05, 0.1) is 7.11 Å². The van der Waals surface area contributed by atoms with Crippen LogP contribution in [0.3, 0.4) is 0 Å². The fourth-order valence-corrected chi connectivity index (χ4v) is 2.21. The van der Waals surface area contributed by atoms with E-state index in [-0.39, 0.29) is 11.8 Å². The maximum atomic E-state index is 13.8. The SMILES string of the molecule is COc1cc(F)c(BC2C(F)=CC(C)(F)C(F)=C2F)c(F)c1. The van der Waals surface area contributed by atoms with Crippen molar-refractivity contribution in [2.45, 2.75) is 18.4 Å². The van der Waals surface area contributed by atoms with Crippen LogP contribution in [0.1, 0.15) is 6.92 Å². The van der Waals surface area contributed by atoms with Crippen molar-refractivity contribution in [3.05, 3.63) is 47.3 Å². The molecule has 2 atom stereocenters. The van der Waals surface area contributed by atoms with E-state index in [4.69, 9.17) is 0 Å². The fraction of sp³-hybridized carbons (Fsp3) is 0.286. The summed E-state index contributed by atoms with van der Waals surface area (Å²) in [5.74, 6) is -9.03. The number of hydrogen-bond donors (Lipinski definition) is 0. The Balaban J connectivity index is 2.40. The zero-order valence-corrected chi connectivity index (χ0v) is 11.7. The van der Waals surface area contributed by atoms with Crippen molar-refractivity contribution >= 4 is 12.7 Å². The van der Waals surface area contributed by atoms with Gasteiger partial charge in [-0.3, -0.25) is 0 Å². The van der Waals surface area contributed by atoms with Crippen LogP contribution in [-0.4, -0.2) is 20.1 Å². The highest BCUT2D eigenvalue weighted by Crippen LogP contribution is 2.43. The van der Waals surface area contributed by atoms with E-state index in [1.54, 1.807) is 0 Å². The van der Waals surface area contributed by atoms with E-state index in [0.29, 0.717) is 6.92 Å². The first-order valence-electron chi connectivity index (χ1n) is 6.32. The molecule has 1 aromatic rings. The van der Waals surface area contributed by atoms with Crippen LogP contribution in [-0.2, 0) is 0 Å². The predicted octanol–water partition coefficient (Wildman–Crippen LogP) is 3.57. The number of halogens is 6. The van der Waals surface area contributed by atoms with E-state index >= 15 is 0 Å². The summed E-state index contributed by atoms with van der Waals surface area (Å²) in [6.45, 7) is 0.645. The summed E-state index contributed by atoms with van der Waals surface area (Å²) in [5, 5.41) is 0. The van der Waals surface area contributed by atoms with E-state index in [0.717, 1.165) is 12.1 Å². The second kappa shape index (κ2) is 5.74. The molecule has 0 N–H and O–H groups in total. The maximum Gasteiger partial charge on any atom is 0.185 e. The van der Waals surface area contributed by atoms with Crippen LogP contribution in [0.2, 0.25) is 5.82 Å². The third-order valence-electron chi connectivity index (χ3n) is 3.45. The van der Waals surface area contributed by atoms with Crippen LogP contribution in [0.15, 0.2) is 35.7 Å². The summed E-state index contributed by atoms with van der Waals surface area (Å²) in [6.07, 6.45) is 0.259. The van der Waals surface area contributed by atoms with Gasteiger partial charge in [-0.2, -0.15) is 0 Å². The zero-order chi connectivity index (χ0) is 16.7. The first-order valence-corrected chi connectivity index (χ1v) is 6.32. The first-order chi connectivity index (χ1) is 10.2. The van der Waals surface area contributed by atoms with Crippen molar-refractivity contribution in [1.82, 2.24) is 0 Å². The van der Waals surface area contributed by atoms with Crippen molar-refractivity contribution in [3.63, 3.8) is 0 Å². The van der Waals surface area contributed by atoms with E-state index in [2.05, 4.69) is 4.74 Å². The minimum absolute atomic E-state index is 0.114. The van der Waals surface area contributed by atoms with E-state index in [1.807, 2.05) is 0 Å². The van der Waals surface area contributed by atoms with Crippen LogP contribution in [0.25, 0.3) is 0 Å². The van der Waals surface area contributed by atoms with Crippen molar-refractivity contribution in [3.8, 4) is 5.75 Å². The van der Waals surface area contributed by atoms with E-state index < -0.39 is 53.3 Å². The molecular formula is C14H11BF6O. The molecule has 0 bridgehead atoms. The minimum Gasteiger partial charge on any atom is -0.497 e. The largest absolute Gasteiger partial charge is 0.497 e. The Bertz CT molecular complexity index is 644. The summed E-state index contributed by atoms with van der Waals surface area (Å²) < 4.78 is 86.9. The van der Waals surface area contributed by atoms with Crippen LogP contribution < -0.4 is 10.2 Å². The van der Waals surface area contributed by atoms with Gasteiger partial charge in [0.2, 0.25) is 0 Å². The molecule has 118 valence electrons.